The Morgan fingerprint density at radius 3 is 2.64 bits per heavy atom. The molecule has 0 amide bonds. The third-order valence-corrected chi connectivity index (χ3v) is 2.29. The van der Waals surface area contributed by atoms with Crippen LogP contribution < -0.4 is 5.73 Å². The zero-order chi connectivity index (χ0) is 10.6. The van der Waals surface area contributed by atoms with Gasteiger partial charge in [0.2, 0.25) is 0 Å². The first kappa shape index (κ1) is 10.6. The van der Waals surface area contributed by atoms with Crippen LogP contribution in [0.5, 0.6) is 0 Å². The summed E-state index contributed by atoms with van der Waals surface area (Å²) in [6.07, 6.45) is 3.04. The Kier molecular flexibility index (Phi) is 3.58. The molecule has 0 saturated heterocycles. The summed E-state index contributed by atoms with van der Waals surface area (Å²) in [5.41, 5.74) is 8.43. The molecule has 0 aromatic carbocycles. The van der Waals surface area contributed by atoms with Crippen LogP contribution in [-0.4, -0.2) is 4.57 Å². The summed E-state index contributed by atoms with van der Waals surface area (Å²) in [6.45, 7) is 5.11. The molecule has 14 heavy (non-hydrogen) atoms. The van der Waals surface area contributed by atoms with Crippen LogP contribution in [0.25, 0.3) is 0 Å². The van der Waals surface area contributed by atoms with Gasteiger partial charge in [0, 0.05) is 12.2 Å². The minimum absolute atomic E-state index is 0.688. The largest absolute Gasteiger partial charge is 0.397 e. The van der Waals surface area contributed by atoms with E-state index in [-0.39, 0.29) is 0 Å². The third kappa shape index (κ3) is 1.90. The lowest BCUT2D eigenvalue weighted by atomic mass is 10.2. The highest BCUT2D eigenvalue weighted by Crippen LogP contribution is 2.20. The minimum Gasteiger partial charge on any atom is -0.397 e. The molecule has 0 fully saturated rings. The Morgan fingerprint density at radius 1 is 1.43 bits per heavy atom. The molecule has 1 aromatic rings. The molecule has 0 aliphatic rings. The number of aromatic nitrogens is 1. The van der Waals surface area contributed by atoms with E-state index in [4.69, 9.17) is 11.0 Å². The van der Waals surface area contributed by atoms with Crippen molar-refractivity contribution in [3.63, 3.8) is 0 Å². The molecule has 0 aliphatic carbocycles. The number of nitrogens with two attached hydrogens (primary N) is 1. The number of nitriles is 1. The zero-order valence-corrected chi connectivity index (χ0v) is 8.88. The molecule has 0 unspecified atom stereocenters. The van der Waals surface area contributed by atoms with Crippen molar-refractivity contribution in [1.82, 2.24) is 4.57 Å². The highest BCUT2D eigenvalue weighted by molar-refractivity contribution is 5.50. The average Bonchev–Trinajstić information content (AvgIpc) is 2.47. The van der Waals surface area contributed by atoms with Gasteiger partial charge in [0.15, 0.2) is 0 Å². The van der Waals surface area contributed by atoms with E-state index in [0.29, 0.717) is 5.69 Å². The van der Waals surface area contributed by atoms with E-state index in [0.717, 1.165) is 37.2 Å². The molecule has 3 nitrogen and oxygen atoms in total. The van der Waals surface area contributed by atoms with E-state index in [1.807, 2.05) is 4.57 Å². The van der Waals surface area contributed by atoms with Crippen molar-refractivity contribution in [3.05, 3.63) is 17.5 Å². The molecular formula is C11H17N3. The predicted octanol–water partition coefficient (Wildman–Crippen LogP) is 2.30. The molecule has 0 aliphatic heterocycles. The van der Waals surface area contributed by atoms with Gasteiger partial charge in [-0.05, 0) is 18.9 Å². The summed E-state index contributed by atoms with van der Waals surface area (Å²) in [7, 11) is 0. The van der Waals surface area contributed by atoms with Crippen LogP contribution in [-0.2, 0) is 13.0 Å². The van der Waals surface area contributed by atoms with Gasteiger partial charge in [0.25, 0.3) is 0 Å². The van der Waals surface area contributed by atoms with Crippen LogP contribution in [0.15, 0.2) is 6.07 Å². The van der Waals surface area contributed by atoms with E-state index in [1.54, 1.807) is 6.07 Å². The van der Waals surface area contributed by atoms with Crippen molar-refractivity contribution in [3.8, 4) is 6.07 Å². The lowest BCUT2D eigenvalue weighted by Crippen LogP contribution is -2.05. The minimum atomic E-state index is 0.688. The van der Waals surface area contributed by atoms with Crippen LogP contribution >= 0.6 is 0 Å². The van der Waals surface area contributed by atoms with Gasteiger partial charge in [-0.15, -0.1) is 0 Å². The summed E-state index contributed by atoms with van der Waals surface area (Å²) in [4.78, 5) is 0. The zero-order valence-electron chi connectivity index (χ0n) is 8.88. The Labute approximate surface area is 85.1 Å². The first-order chi connectivity index (χ1) is 6.74. The number of anilines is 1. The van der Waals surface area contributed by atoms with Crippen LogP contribution in [0, 0.1) is 11.3 Å². The second kappa shape index (κ2) is 4.71. The van der Waals surface area contributed by atoms with Gasteiger partial charge in [-0.25, -0.2) is 0 Å². The Balaban J connectivity index is 3.11. The maximum Gasteiger partial charge on any atom is 0.122 e. The maximum atomic E-state index is 8.92. The highest BCUT2D eigenvalue weighted by Gasteiger charge is 2.10. The molecule has 0 spiro atoms. The lowest BCUT2D eigenvalue weighted by molar-refractivity contribution is 0.637. The molecule has 1 aromatic heterocycles. The molecule has 0 atom stereocenters. The van der Waals surface area contributed by atoms with Gasteiger partial charge in [0.05, 0.1) is 5.69 Å². The first-order valence-corrected chi connectivity index (χ1v) is 5.12. The SMILES string of the molecule is CCCc1c(N)cc(C#N)n1CCC. The van der Waals surface area contributed by atoms with Gasteiger partial charge < -0.3 is 10.3 Å². The second-order valence-electron chi connectivity index (χ2n) is 3.45. The summed E-state index contributed by atoms with van der Waals surface area (Å²) < 4.78 is 2.04. The maximum absolute atomic E-state index is 8.92. The molecule has 2 N–H and O–H groups in total. The van der Waals surface area contributed by atoms with Gasteiger partial charge in [-0.3, -0.25) is 0 Å². The third-order valence-electron chi connectivity index (χ3n) is 2.29. The number of hydrogen-bond donors (Lipinski definition) is 1. The number of hydrogen-bond acceptors (Lipinski definition) is 2. The van der Waals surface area contributed by atoms with Gasteiger partial charge in [-0.1, -0.05) is 20.3 Å². The summed E-state index contributed by atoms with van der Waals surface area (Å²) in [5, 5.41) is 8.92. The van der Waals surface area contributed by atoms with Crippen molar-refractivity contribution >= 4 is 5.69 Å². The van der Waals surface area contributed by atoms with Crippen molar-refractivity contribution in [1.29, 1.82) is 5.26 Å². The van der Waals surface area contributed by atoms with Crippen LogP contribution in [0.3, 0.4) is 0 Å². The van der Waals surface area contributed by atoms with E-state index < -0.39 is 0 Å². The Morgan fingerprint density at radius 2 is 2.14 bits per heavy atom. The fourth-order valence-corrected chi connectivity index (χ4v) is 1.70. The van der Waals surface area contributed by atoms with Crippen molar-refractivity contribution in [2.45, 2.75) is 39.7 Å². The molecule has 0 radical (unpaired) electrons. The molecule has 76 valence electrons. The van der Waals surface area contributed by atoms with E-state index in [9.17, 15) is 0 Å². The molecule has 1 rings (SSSR count). The molecule has 0 saturated carbocycles. The molecule has 1 heterocycles. The van der Waals surface area contributed by atoms with Crippen LogP contribution in [0.1, 0.15) is 38.1 Å². The summed E-state index contributed by atoms with van der Waals surface area (Å²) in [6, 6.07) is 3.96. The quantitative estimate of drug-likeness (QED) is 0.794. The second-order valence-corrected chi connectivity index (χ2v) is 3.45. The average molecular weight is 191 g/mol. The smallest absolute Gasteiger partial charge is 0.122 e. The monoisotopic (exact) mass is 191 g/mol. The lowest BCUT2D eigenvalue weighted by Gasteiger charge is -2.08. The van der Waals surface area contributed by atoms with Crippen molar-refractivity contribution < 1.29 is 0 Å². The highest BCUT2D eigenvalue weighted by atomic mass is 15.0. The summed E-state index contributed by atoms with van der Waals surface area (Å²) in [5.74, 6) is 0. The van der Waals surface area contributed by atoms with Crippen molar-refractivity contribution in [2.75, 3.05) is 5.73 Å². The predicted molar refractivity (Wildman–Crippen MR) is 57.8 cm³/mol. The van der Waals surface area contributed by atoms with Crippen LogP contribution in [0.4, 0.5) is 5.69 Å². The normalized spacial score (nSPS) is 10.1. The Bertz CT molecular complexity index is 344. The Hall–Kier alpha value is -1.43. The molecule has 3 heteroatoms. The number of rotatable bonds is 4. The van der Waals surface area contributed by atoms with Crippen LogP contribution in [0.2, 0.25) is 0 Å². The first-order valence-electron chi connectivity index (χ1n) is 5.12. The van der Waals surface area contributed by atoms with Crippen molar-refractivity contribution in [2.24, 2.45) is 0 Å². The van der Waals surface area contributed by atoms with E-state index >= 15 is 0 Å². The van der Waals surface area contributed by atoms with Gasteiger partial charge in [-0.2, -0.15) is 5.26 Å². The van der Waals surface area contributed by atoms with E-state index in [1.165, 1.54) is 0 Å². The molecule has 0 bridgehead atoms. The fraction of sp³-hybridized carbons (Fsp3) is 0.545. The van der Waals surface area contributed by atoms with Gasteiger partial charge >= 0.3 is 0 Å². The fourth-order valence-electron chi connectivity index (χ4n) is 1.70. The standard InChI is InChI=1S/C11H17N3/c1-3-5-11-10(13)7-9(8-12)14(11)6-4-2/h7H,3-6,13H2,1-2H3. The van der Waals surface area contributed by atoms with E-state index in [2.05, 4.69) is 19.9 Å². The molecular weight excluding hydrogens is 174 g/mol. The number of nitrogens with zero attached hydrogens (tertiary/aromatic N) is 2. The van der Waals surface area contributed by atoms with Gasteiger partial charge in [0.1, 0.15) is 11.8 Å². The number of nitrogen functional groups attached to an aromatic ring is 1. The topological polar surface area (TPSA) is 54.7 Å². The summed E-state index contributed by atoms with van der Waals surface area (Å²) >= 11 is 0.